The summed E-state index contributed by atoms with van der Waals surface area (Å²) in [6, 6.07) is 6.08. The highest BCUT2D eigenvalue weighted by Gasteiger charge is 2.09. The van der Waals surface area contributed by atoms with Crippen LogP contribution < -0.4 is 11.3 Å². The third-order valence-corrected chi connectivity index (χ3v) is 2.62. The molecule has 86 valence electrons. The van der Waals surface area contributed by atoms with E-state index in [-0.39, 0.29) is 6.04 Å². The zero-order valence-corrected chi connectivity index (χ0v) is 10.4. The first-order valence-electron chi connectivity index (χ1n) is 5.30. The summed E-state index contributed by atoms with van der Waals surface area (Å²) in [7, 11) is 0. The molecular formula is C13H17ClN2. The molecule has 1 unspecified atom stereocenters. The molecule has 16 heavy (non-hydrogen) atoms. The minimum atomic E-state index is 0.109. The van der Waals surface area contributed by atoms with E-state index in [1.165, 1.54) is 0 Å². The summed E-state index contributed by atoms with van der Waals surface area (Å²) in [5.41, 5.74) is 5.06. The summed E-state index contributed by atoms with van der Waals surface area (Å²) in [5.74, 6) is 11.5. The fraction of sp³-hybridized carbons (Fsp3) is 0.385. The van der Waals surface area contributed by atoms with Gasteiger partial charge in [-0.1, -0.05) is 17.7 Å². The Kier molecular flexibility index (Phi) is 5.34. The van der Waals surface area contributed by atoms with Crippen molar-refractivity contribution in [3.05, 3.63) is 34.3 Å². The number of hydrogen-bond acceptors (Lipinski definition) is 2. The second-order valence-corrected chi connectivity index (χ2v) is 4.18. The van der Waals surface area contributed by atoms with Crippen molar-refractivity contribution < 1.29 is 0 Å². The van der Waals surface area contributed by atoms with Crippen LogP contribution in [0.25, 0.3) is 0 Å². The van der Waals surface area contributed by atoms with E-state index in [2.05, 4.69) is 23.3 Å². The third-order valence-electron chi connectivity index (χ3n) is 2.40. The standard InChI is InChI=1S/C13H17ClN2/c1-3-4-5-6-13(16-15)11-7-10(2)8-12(14)9-11/h7-9,13,16H,5-6,15H2,1-2H3. The molecule has 0 saturated carbocycles. The molecule has 3 heteroatoms. The Balaban J connectivity index is 2.80. The van der Waals surface area contributed by atoms with Crippen molar-refractivity contribution in [2.24, 2.45) is 5.84 Å². The minimum absolute atomic E-state index is 0.109. The van der Waals surface area contributed by atoms with E-state index in [4.69, 9.17) is 17.4 Å². The zero-order valence-electron chi connectivity index (χ0n) is 9.68. The van der Waals surface area contributed by atoms with Gasteiger partial charge < -0.3 is 0 Å². The van der Waals surface area contributed by atoms with Crippen LogP contribution in [0.3, 0.4) is 0 Å². The van der Waals surface area contributed by atoms with Gasteiger partial charge in [-0.3, -0.25) is 11.3 Å². The average molecular weight is 237 g/mol. The Bertz CT molecular complexity index is 384. The number of hydrazine groups is 1. The molecule has 0 aliphatic carbocycles. The van der Waals surface area contributed by atoms with Gasteiger partial charge in [0, 0.05) is 17.5 Å². The summed E-state index contributed by atoms with van der Waals surface area (Å²) in [5, 5.41) is 0.747. The first kappa shape index (κ1) is 13.1. The normalized spacial score (nSPS) is 11.8. The number of halogens is 1. The largest absolute Gasteiger partial charge is 0.271 e. The highest BCUT2D eigenvalue weighted by Crippen LogP contribution is 2.22. The summed E-state index contributed by atoms with van der Waals surface area (Å²) >= 11 is 6.02. The van der Waals surface area contributed by atoms with E-state index in [1.54, 1.807) is 0 Å². The van der Waals surface area contributed by atoms with Gasteiger partial charge in [0.15, 0.2) is 0 Å². The minimum Gasteiger partial charge on any atom is -0.271 e. The molecule has 0 fully saturated rings. The first-order chi connectivity index (χ1) is 7.67. The molecule has 1 aromatic carbocycles. The highest BCUT2D eigenvalue weighted by molar-refractivity contribution is 6.30. The molecule has 0 amide bonds. The molecule has 0 saturated heterocycles. The quantitative estimate of drug-likeness (QED) is 0.479. The number of nitrogens with two attached hydrogens (primary N) is 1. The Morgan fingerprint density at radius 3 is 2.75 bits per heavy atom. The second-order valence-electron chi connectivity index (χ2n) is 3.75. The fourth-order valence-corrected chi connectivity index (χ4v) is 1.95. The van der Waals surface area contributed by atoms with Crippen molar-refractivity contribution in [3.63, 3.8) is 0 Å². The molecule has 1 rings (SSSR count). The SMILES string of the molecule is CC#CCCC(NN)c1cc(C)cc(Cl)c1. The zero-order chi connectivity index (χ0) is 12.0. The van der Waals surface area contributed by atoms with Crippen molar-refractivity contribution in [1.29, 1.82) is 0 Å². The van der Waals surface area contributed by atoms with Gasteiger partial charge in [-0.25, -0.2) is 0 Å². The lowest BCUT2D eigenvalue weighted by molar-refractivity contribution is 0.523. The van der Waals surface area contributed by atoms with Gasteiger partial charge in [0.1, 0.15) is 0 Å². The second kappa shape index (κ2) is 6.55. The fourth-order valence-electron chi connectivity index (χ4n) is 1.65. The predicted octanol–water partition coefficient (Wildman–Crippen LogP) is 2.96. The molecule has 0 aliphatic rings. The molecule has 2 nitrogen and oxygen atoms in total. The Hall–Kier alpha value is -1.01. The van der Waals surface area contributed by atoms with Gasteiger partial charge in [-0.15, -0.1) is 11.8 Å². The average Bonchev–Trinajstić information content (AvgIpc) is 2.23. The molecular weight excluding hydrogens is 220 g/mol. The highest BCUT2D eigenvalue weighted by atomic mass is 35.5. The van der Waals surface area contributed by atoms with Crippen molar-refractivity contribution in [1.82, 2.24) is 5.43 Å². The van der Waals surface area contributed by atoms with Gasteiger partial charge in [0.05, 0.1) is 0 Å². The summed E-state index contributed by atoms with van der Waals surface area (Å²) in [6.07, 6.45) is 1.72. The topological polar surface area (TPSA) is 38.0 Å². The molecule has 0 aromatic heterocycles. The van der Waals surface area contributed by atoms with E-state index in [0.29, 0.717) is 0 Å². The number of hydrogen-bond donors (Lipinski definition) is 2. The van der Waals surface area contributed by atoms with E-state index in [1.807, 2.05) is 26.0 Å². The lowest BCUT2D eigenvalue weighted by Crippen LogP contribution is -2.28. The van der Waals surface area contributed by atoms with Gasteiger partial charge in [-0.05, 0) is 43.5 Å². The Labute approximate surface area is 102 Å². The molecule has 0 heterocycles. The van der Waals surface area contributed by atoms with Crippen LogP contribution in [0.5, 0.6) is 0 Å². The van der Waals surface area contributed by atoms with Crippen molar-refractivity contribution in [3.8, 4) is 11.8 Å². The van der Waals surface area contributed by atoms with Crippen LogP contribution in [0.2, 0.25) is 5.02 Å². The van der Waals surface area contributed by atoms with Gasteiger partial charge in [0.25, 0.3) is 0 Å². The van der Waals surface area contributed by atoms with Crippen LogP contribution in [0.15, 0.2) is 18.2 Å². The van der Waals surface area contributed by atoms with Gasteiger partial charge >= 0.3 is 0 Å². The van der Waals surface area contributed by atoms with Crippen LogP contribution in [0, 0.1) is 18.8 Å². The van der Waals surface area contributed by atoms with Crippen molar-refractivity contribution >= 4 is 11.6 Å². The van der Waals surface area contributed by atoms with Crippen LogP contribution in [0.1, 0.15) is 36.9 Å². The molecule has 0 bridgehead atoms. The van der Waals surface area contributed by atoms with Crippen LogP contribution >= 0.6 is 11.6 Å². The van der Waals surface area contributed by atoms with Crippen molar-refractivity contribution in [2.45, 2.75) is 32.7 Å². The maximum absolute atomic E-state index is 6.02. The first-order valence-corrected chi connectivity index (χ1v) is 5.68. The third kappa shape index (κ3) is 3.86. The lowest BCUT2D eigenvalue weighted by atomic mass is 10.0. The summed E-state index contributed by atoms with van der Waals surface area (Å²) in [6.45, 7) is 3.86. The lowest BCUT2D eigenvalue weighted by Gasteiger charge is -2.16. The number of benzene rings is 1. The van der Waals surface area contributed by atoms with Crippen LogP contribution in [0.4, 0.5) is 0 Å². The van der Waals surface area contributed by atoms with E-state index in [0.717, 1.165) is 29.0 Å². The van der Waals surface area contributed by atoms with Crippen molar-refractivity contribution in [2.75, 3.05) is 0 Å². The number of aryl methyl sites for hydroxylation is 1. The maximum Gasteiger partial charge on any atom is 0.0469 e. The Morgan fingerprint density at radius 2 is 2.19 bits per heavy atom. The molecule has 1 aromatic rings. The molecule has 3 N–H and O–H groups in total. The van der Waals surface area contributed by atoms with E-state index in [9.17, 15) is 0 Å². The maximum atomic E-state index is 6.02. The Morgan fingerprint density at radius 1 is 1.44 bits per heavy atom. The molecule has 0 spiro atoms. The number of nitrogens with one attached hydrogen (secondary N) is 1. The van der Waals surface area contributed by atoms with E-state index < -0.39 is 0 Å². The summed E-state index contributed by atoms with van der Waals surface area (Å²) in [4.78, 5) is 0. The molecule has 1 atom stereocenters. The van der Waals surface area contributed by atoms with Gasteiger partial charge in [0.2, 0.25) is 0 Å². The van der Waals surface area contributed by atoms with E-state index >= 15 is 0 Å². The predicted molar refractivity (Wildman–Crippen MR) is 68.9 cm³/mol. The monoisotopic (exact) mass is 236 g/mol. The van der Waals surface area contributed by atoms with Gasteiger partial charge in [-0.2, -0.15) is 0 Å². The molecule has 0 aliphatic heterocycles. The van der Waals surface area contributed by atoms with Crippen LogP contribution in [-0.2, 0) is 0 Å². The van der Waals surface area contributed by atoms with Crippen LogP contribution in [-0.4, -0.2) is 0 Å². The smallest absolute Gasteiger partial charge is 0.0469 e. The number of rotatable bonds is 4. The summed E-state index contributed by atoms with van der Waals surface area (Å²) < 4.78 is 0. The molecule has 0 radical (unpaired) electrons.